The number of ether oxygens (including phenoxy) is 1. The predicted octanol–water partition coefficient (Wildman–Crippen LogP) is 6.97. The van der Waals surface area contributed by atoms with E-state index in [1.807, 2.05) is 0 Å². The summed E-state index contributed by atoms with van der Waals surface area (Å²) in [5.74, 6) is 4.99. The van der Waals surface area contributed by atoms with Gasteiger partial charge in [-0.15, -0.1) is 0 Å². The van der Waals surface area contributed by atoms with Crippen LogP contribution in [0.2, 0.25) is 0 Å². The third kappa shape index (κ3) is 2.99. The van der Waals surface area contributed by atoms with Crippen molar-refractivity contribution in [3.8, 4) is 0 Å². The maximum absolute atomic E-state index is 10.4. The molecule has 5 rings (SSSR count). The molecule has 0 aromatic heterocycles. The molecular weight excluding hydrogens is 436 g/mol. The van der Waals surface area contributed by atoms with Gasteiger partial charge in [-0.3, -0.25) is 0 Å². The minimum atomic E-state index is -0.157. The minimum absolute atomic E-state index is 0.0319. The first-order valence-electron chi connectivity index (χ1n) is 13.1. The zero-order valence-corrected chi connectivity index (χ0v) is 21.6. The van der Waals surface area contributed by atoms with E-state index in [2.05, 4.69) is 50.5 Å². The lowest BCUT2D eigenvalue weighted by atomic mass is 9.44. The second kappa shape index (κ2) is 7.45. The second-order valence-electron chi connectivity index (χ2n) is 13.0. The average Bonchev–Trinajstić information content (AvgIpc) is 3.29. The topological polar surface area (TPSA) is 32.8 Å². The van der Waals surface area contributed by atoms with Crippen molar-refractivity contribution in [2.75, 3.05) is 0 Å². The summed E-state index contributed by atoms with van der Waals surface area (Å²) >= 11 is 4.21. The van der Waals surface area contributed by atoms with E-state index in [-0.39, 0.29) is 17.1 Å². The predicted molar refractivity (Wildman–Crippen MR) is 127 cm³/mol. The maximum atomic E-state index is 10.4. The smallest absolute Gasteiger partial charge is 0.104 e. The number of alkyl halides is 1. The van der Waals surface area contributed by atoms with Gasteiger partial charge in [-0.05, 0) is 79.4 Å². The van der Waals surface area contributed by atoms with Gasteiger partial charge in [-0.25, -0.2) is 0 Å². The summed E-state index contributed by atoms with van der Waals surface area (Å²) in [6, 6.07) is 0. The van der Waals surface area contributed by atoms with Crippen LogP contribution in [0.5, 0.6) is 0 Å². The van der Waals surface area contributed by atoms with E-state index in [0.29, 0.717) is 16.3 Å². The molecule has 0 radical (unpaired) electrons. The highest BCUT2D eigenvalue weighted by Crippen LogP contribution is 2.75. The Kier molecular flexibility index (Phi) is 5.52. The van der Waals surface area contributed by atoms with Crippen LogP contribution in [0.25, 0.3) is 0 Å². The SMILES string of the molecule is CC(C)CCCC(C)C1CCC2C3C(Br)C4OC45CC(O)CCC5(C)C3CCC12C. The Morgan fingerprint density at radius 2 is 1.77 bits per heavy atom. The molecule has 0 aromatic rings. The summed E-state index contributed by atoms with van der Waals surface area (Å²) in [7, 11) is 0. The van der Waals surface area contributed by atoms with Crippen LogP contribution in [0.15, 0.2) is 0 Å². The van der Waals surface area contributed by atoms with E-state index in [0.717, 1.165) is 54.8 Å². The summed E-state index contributed by atoms with van der Waals surface area (Å²) in [5, 5.41) is 10.4. The van der Waals surface area contributed by atoms with Gasteiger partial charge < -0.3 is 9.84 Å². The molecule has 1 saturated heterocycles. The third-order valence-electron chi connectivity index (χ3n) is 11.3. The zero-order chi connectivity index (χ0) is 21.5. The van der Waals surface area contributed by atoms with Crippen molar-refractivity contribution >= 4 is 15.9 Å². The van der Waals surface area contributed by atoms with E-state index in [9.17, 15) is 5.11 Å². The highest BCUT2D eigenvalue weighted by molar-refractivity contribution is 9.09. The Bertz CT molecular complexity index is 665. The Morgan fingerprint density at radius 1 is 1.00 bits per heavy atom. The van der Waals surface area contributed by atoms with Crippen LogP contribution in [0, 0.1) is 46.3 Å². The molecule has 5 aliphatic rings. The van der Waals surface area contributed by atoms with E-state index in [4.69, 9.17) is 4.74 Å². The van der Waals surface area contributed by atoms with Gasteiger partial charge in [0, 0.05) is 16.7 Å². The quantitative estimate of drug-likeness (QED) is 0.340. The molecule has 4 aliphatic carbocycles. The van der Waals surface area contributed by atoms with Crippen LogP contribution in [-0.4, -0.2) is 27.7 Å². The number of fused-ring (bicyclic) bond motifs is 4. The molecule has 3 heteroatoms. The van der Waals surface area contributed by atoms with Crippen LogP contribution in [0.3, 0.4) is 0 Å². The standard InChI is InChI=1S/C27H45BrO2/c1-16(2)7-6-8-17(3)19-9-10-20-22-21(12-13-25(19,20)4)26(5)14-11-18(29)15-27(26)24(30-27)23(22)28/h16-24,29H,6-15H2,1-5H3. The Morgan fingerprint density at radius 3 is 2.50 bits per heavy atom. The lowest BCUT2D eigenvalue weighted by Crippen LogP contribution is -2.62. The minimum Gasteiger partial charge on any atom is -0.393 e. The number of hydrogen-bond donors (Lipinski definition) is 1. The Balaban J connectivity index is 1.37. The summed E-state index contributed by atoms with van der Waals surface area (Å²) in [5.41, 5.74) is 0.758. The zero-order valence-electron chi connectivity index (χ0n) is 20.0. The van der Waals surface area contributed by atoms with Crippen molar-refractivity contribution < 1.29 is 9.84 Å². The average molecular weight is 482 g/mol. The van der Waals surface area contributed by atoms with E-state index in [1.54, 1.807) is 0 Å². The van der Waals surface area contributed by atoms with Gasteiger partial charge in [-0.1, -0.05) is 69.8 Å². The summed E-state index contributed by atoms with van der Waals surface area (Å²) in [4.78, 5) is 0.487. The van der Waals surface area contributed by atoms with E-state index >= 15 is 0 Å². The van der Waals surface area contributed by atoms with Gasteiger partial charge >= 0.3 is 0 Å². The molecule has 1 N–H and O–H groups in total. The molecule has 1 aliphatic heterocycles. The molecule has 11 unspecified atom stereocenters. The molecule has 0 bridgehead atoms. The van der Waals surface area contributed by atoms with Crippen molar-refractivity contribution in [2.24, 2.45) is 46.3 Å². The highest BCUT2D eigenvalue weighted by Gasteiger charge is 2.78. The number of hydrogen-bond acceptors (Lipinski definition) is 2. The Labute approximate surface area is 193 Å². The van der Waals surface area contributed by atoms with Crippen LogP contribution < -0.4 is 0 Å². The van der Waals surface area contributed by atoms with Gasteiger partial charge in [0.2, 0.25) is 0 Å². The lowest BCUT2D eigenvalue weighted by molar-refractivity contribution is -0.114. The van der Waals surface area contributed by atoms with Crippen molar-refractivity contribution in [1.29, 1.82) is 0 Å². The molecule has 0 amide bonds. The van der Waals surface area contributed by atoms with Gasteiger partial charge in [0.05, 0.1) is 6.10 Å². The molecule has 0 aromatic carbocycles. The summed E-state index contributed by atoms with van der Waals surface area (Å²) < 4.78 is 6.57. The maximum Gasteiger partial charge on any atom is 0.104 e. The molecular formula is C27H45BrO2. The van der Waals surface area contributed by atoms with Gasteiger partial charge in [0.15, 0.2) is 0 Å². The fourth-order valence-electron chi connectivity index (χ4n) is 9.61. The molecule has 5 fully saturated rings. The summed E-state index contributed by atoms with van der Waals surface area (Å²) in [6.45, 7) is 12.5. The monoisotopic (exact) mass is 480 g/mol. The lowest BCUT2D eigenvalue weighted by Gasteiger charge is -2.60. The second-order valence-corrected chi connectivity index (χ2v) is 14.1. The third-order valence-corrected chi connectivity index (χ3v) is 12.3. The van der Waals surface area contributed by atoms with Crippen LogP contribution in [0.1, 0.15) is 98.8 Å². The highest BCUT2D eigenvalue weighted by atomic mass is 79.9. The number of rotatable bonds is 5. The fourth-order valence-corrected chi connectivity index (χ4v) is 10.9. The van der Waals surface area contributed by atoms with E-state index in [1.165, 1.54) is 44.9 Å². The first kappa shape index (κ1) is 22.2. The number of halogens is 1. The van der Waals surface area contributed by atoms with Crippen LogP contribution >= 0.6 is 15.9 Å². The molecule has 11 atom stereocenters. The number of epoxide rings is 1. The molecule has 172 valence electrons. The van der Waals surface area contributed by atoms with E-state index < -0.39 is 0 Å². The molecule has 4 saturated carbocycles. The van der Waals surface area contributed by atoms with Crippen molar-refractivity contribution in [3.63, 3.8) is 0 Å². The molecule has 2 nitrogen and oxygen atoms in total. The fraction of sp³-hybridized carbons (Fsp3) is 1.00. The van der Waals surface area contributed by atoms with Gasteiger partial charge in [-0.2, -0.15) is 0 Å². The molecule has 30 heavy (non-hydrogen) atoms. The van der Waals surface area contributed by atoms with Crippen LogP contribution in [0.4, 0.5) is 0 Å². The van der Waals surface area contributed by atoms with Gasteiger partial charge in [0.1, 0.15) is 11.7 Å². The molecule has 1 heterocycles. The number of aliphatic hydroxyl groups is 1. The molecule has 1 spiro atoms. The first-order chi connectivity index (χ1) is 14.1. The first-order valence-corrected chi connectivity index (χ1v) is 14.1. The van der Waals surface area contributed by atoms with Gasteiger partial charge in [0.25, 0.3) is 0 Å². The van der Waals surface area contributed by atoms with Crippen LogP contribution in [-0.2, 0) is 4.74 Å². The normalized spacial score (nSPS) is 55.4. The van der Waals surface area contributed by atoms with Crippen molar-refractivity contribution in [2.45, 2.75) is 121 Å². The van der Waals surface area contributed by atoms with Crippen molar-refractivity contribution in [1.82, 2.24) is 0 Å². The largest absolute Gasteiger partial charge is 0.393 e. The number of aliphatic hydroxyl groups excluding tert-OH is 1. The Hall–Kier alpha value is 0.400. The summed E-state index contributed by atoms with van der Waals surface area (Å²) in [6.07, 6.45) is 13.1. The van der Waals surface area contributed by atoms with Crippen molar-refractivity contribution in [3.05, 3.63) is 0 Å².